The van der Waals surface area contributed by atoms with Crippen molar-refractivity contribution < 1.29 is 0 Å². The normalized spacial score (nSPS) is 41.6. The molecule has 108 valence electrons. The van der Waals surface area contributed by atoms with Crippen molar-refractivity contribution in [2.45, 2.75) is 57.5 Å². The molecule has 3 aliphatic rings. The number of hydrogen-bond donors (Lipinski definition) is 1. The molecule has 0 aromatic heterocycles. The highest BCUT2D eigenvalue weighted by atomic mass is 35.5. The zero-order chi connectivity index (χ0) is 13.7. The second-order valence-electron chi connectivity index (χ2n) is 7.49. The maximum atomic E-state index is 5.90. The predicted molar refractivity (Wildman–Crippen MR) is 81.4 cm³/mol. The molecule has 2 unspecified atom stereocenters. The maximum absolute atomic E-state index is 5.90. The van der Waals surface area contributed by atoms with Gasteiger partial charge in [-0.05, 0) is 63.9 Å². The van der Waals surface area contributed by atoms with E-state index in [0.29, 0.717) is 11.1 Å². The number of hydrogen-bond acceptors (Lipinski definition) is 2. The third kappa shape index (κ3) is 2.59. The van der Waals surface area contributed by atoms with Crippen molar-refractivity contribution in [2.24, 2.45) is 11.8 Å². The monoisotopic (exact) mass is 282 g/mol. The van der Waals surface area contributed by atoms with Crippen LogP contribution in [0.1, 0.15) is 46.5 Å². The summed E-state index contributed by atoms with van der Waals surface area (Å²) < 4.78 is 0. The number of nitrogens with zero attached hydrogens (tertiary/aromatic N) is 1. The summed E-state index contributed by atoms with van der Waals surface area (Å²) in [7, 11) is 0. The molecule has 1 saturated heterocycles. The molecular weight excluding hydrogens is 256 g/mol. The van der Waals surface area contributed by atoms with Crippen LogP contribution in [0.15, 0.2) is 11.1 Å². The van der Waals surface area contributed by atoms with Gasteiger partial charge in [0.25, 0.3) is 0 Å². The van der Waals surface area contributed by atoms with Crippen LogP contribution >= 0.6 is 11.6 Å². The van der Waals surface area contributed by atoms with Crippen molar-refractivity contribution in [3.05, 3.63) is 11.1 Å². The largest absolute Gasteiger partial charge is 0.308 e. The summed E-state index contributed by atoms with van der Waals surface area (Å²) in [5.41, 5.74) is 3.69. The standard InChI is InChI=1S/C16H27ClN2/c1-12(8-17)9-19-11-15(2,13-4-5-13)18-10-16(19,3)14-6-7-14/h8,13-14,18H,4-7,9-11H2,1-3H3. The van der Waals surface area contributed by atoms with Gasteiger partial charge in [0.2, 0.25) is 0 Å². The maximum Gasteiger partial charge on any atom is 0.0338 e. The van der Waals surface area contributed by atoms with E-state index in [2.05, 4.69) is 31.0 Å². The van der Waals surface area contributed by atoms with Crippen molar-refractivity contribution in [3.63, 3.8) is 0 Å². The Balaban J connectivity index is 1.78. The summed E-state index contributed by atoms with van der Waals surface area (Å²) in [6.07, 6.45) is 5.61. The molecule has 0 spiro atoms. The van der Waals surface area contributed by atoms with Gasteiger partial charge in [-0.15, -0.1) is 0 Å². The van der Waals surface area contributed by atoms with Gasteiger partial charge < -0.3 is 5.32 Å². The minimum Gasteiger partial charge on any atom is -0.308 e. The van der Waals surface area contributed by atoms with Crippen LogP contribution in [-0.4, -0.2) is 35.6 Å². The molecule has 1 aliphatic heterocycles. The molecule has 3 rings (SSSR count). The van der Waals surface area contributed by atoms with Crippen molar-refractivity contribution >= 4 is 11.6 Å². The van der Waals surface area contributed by atoms with Gasteiger partial charge in [-0.2, -0.15) is 0 Å². The zero-order valence-corrected chi connectivity index (χ0v) is 13.3. The van der Waals surface area contributed by atoms with E-state index in [-0.39, 0.29) is 0 Å². The van der Waals surface area contributed by atoms with Crippen LogP contribution < -0.4 is 5.32 Å². The summed E-state index contributed by atoms with van der Waals surface area (Å²) in [5.74, 6) is 1.77. The van der Waals surface area contributed by atoms with Gasteiger partial charge in [0, 0.05) is 36.2 Å². The van der Waals surface area contributed by atoms with Gasteiger partial charge in [-0.3, -0.25) is 4.90 Å². The van der Waals surface area contributed by atoms with Crippen LogP contribution in [0.25, 0.3) is 0 Å². The molecule has 0 aromatic carbocycles. The molecule has 0 bridgehead atoms. The number of rotatable bonds is 4. The third-order valence-electron chi connectivity index (χ3n) is 5.65. The Kier molecular flexibility index (Phi) is 3.48. The Labute approximate surface area is 122 Å². The first-order valence-corrected chi connectivity index (χ1v) is 8.17. The highest BCUT2D eigenvalue weighted by Gasteiger charge is 2.53. The molecule has 2 nitrogen and oxygen atoms in total. The van der Waals surface area contributed by atoms with E-state index >= 15 is 0 Å². The lowest BCUT2D eigenvalue weighted by atomic mass is 9.83. The molecule has 1 N–H and O–H groups in total. The van der Waals surface area contributed by atoms with E-state index in [4.69, 9.17) is 11.6 Å². The molecular formula is C16H27ClN2. The fraction of sp³-hybridized carbons (Fsp3) is 0.875. The Morgan fingerprint density at radius 2 is 1.89 bits per heavy atom. The van der Waals surface area contributed by atoms with Crippen LogP contribution in [-0.2, 0) is 0 Å². The fourth-order valence-corrected chi connectivity index (χ4v) is 3.87. The SMILES string of the molecule is CC(=CCl)CN1CC(C)(C2CC2)NCC1(C)C1CC1. The minimum absolute atomic E-state index is 0.320. The van der Waals surface area contributed by atoms with E-state index in [1.165, 1.54) is 37.8 Å². The van der Waals surface area contributed by atoms with Gasteiger partial charge in [0.1, 0.15) is 0 Å². The highest BCUT2D eigenvalue weighted by Crippen LogP contribution is 2.48. The van der Waals surface area contributed by atoms with Gasteiger partial charge >= 0.3 is 0 Å². The lowest BCUT2D eigenvalue weighted by Gasteiger charge is -2.53. The average Bonchev–Trinajstić information content (AvgIpc) is 3.23. The molecule has 1 heterocycles. The molecule has 19 heavy (non-hydrogen) atoms. The summed E-state index contributed by atoms with van der Waals surface area (Å²) in [4.78, 5) is 2.72. The van der Waals surface area contributed by atoms with Crippen LogP contribution in [0.4, 0.5) is 0 Å². The van der Waals surface area contributed by atoms with Crippen molar-refractivity contribution in [1.82, 2.24) is 10.2 Å². The Bertz CT molecular complexity index is 386. The van der Waals surface area contributed by atoms with Crippen LogP contribution in [0.5, 0.6) is 0 Å². The van der Waals surface area contributed by atoms with Crippen LogP contribution in [0, 0.1) is 11.8 Å². The van der Waals surface area contributed by atoms with Gasteiger partial charge in [0.15, 0.2) is 0 Å². The Morgan fingerprint density at radius 1 is 1.26 bits per heavy atom. The van der Waals surface area contributed by atoms with Gasteiger partial charge in [-0.1, -0.05) is 11.6 Å². The average molecular weight is 283 g/mol. The van der Waals surface area contributed by atoms with Gasteiger partial charge in [-0.25, -0.2) is 0 Å². The summed E-state index contributed by atoms with van der Waals surface area (Å²) in [6.45, 7) is 10.4. The lowest BCUT2D eigenvalue weighted by molar-refractivity contribution is 0.00640. The summed E-state index contributed by atoms with van der Waals surface area (Å²) in [6, 6.07) is 0. The first kappa shape index (κ1) is 13.9. The van der Waals surface area contributed by atoms with Crippen molar-refractivity contribution in [2.75, 3.05) is 19.6 Å². The molecule has 3 heteroatoms. The van der Waals surface area contributed by atoms with E-state index in [1.54, 1.807) is 5.54 Å². The highest BCUT2D eigenvalue weighted by molar-refractivity contribution is 6.25. The second-order valence-corrected chi connectivity index (χ2v) is 7.71. The molecule has 0 radical (unpaired) electrons. The summed E-state index contributed by atoms with van der Waals surface area (Å²) in [5, 5.41) is 3.90. The number of halogens is 1. The fourth-order valence-electron chi connectivity index (χ4n) is 3.80. The van der Waals surface area contributed by atoms with E-state index in [0.717, 1.165) is 24.9 Å². The van der Waals surface area contributed by atoms with Crippen molar-refractivity contribution in [3.8, 4) is 0 Å². The van der Waals surface area contributed by atoms with Crippen molar-refractivity contribution in [1.29, 1.82) is 0 Å². The Hall–Kier alpha value is -0.0500. The topological polar surface area (TPSA) is 15.3 Å². The molecule has 0 amide bonds. The molecule has 2 aliphatic carbocycles. The third-order valence-corrected chi connectivity index (χ3v) is 6.03. The first-order chi connectivity index (χ1) is 8.98. The minimum atomic E-state index is 0.320. The molecule has 2 saturated carbocycles. The van der Waals surface area contributed by atoms with Crippen LogP contribution in [0.2, 0.25) is 0 Å². The number of nitrogens with one attached hydrogen (secondary N) is 1. The zero-order valence-electron chi connectivity index (χ0n) is 12.5. The second kappa shape index (κ2) is 4.75. The smallest absolute Gasteiger partial charge is 0.0338 e. The quantitative estimate of drug-likeness (QED) is 0.850. The molecule has 2 atom stereocenters. The van der Waals surface area contributed by atoms with E-state index in [1.807, 2.05) is 0 Å². The summed E-state index contributed by atoms with van der Waals surface area (Å²) >= 11 is 5.90. The number of piperazine rings is 1. The van der Waals surface area contributed by atoms with Gasteiger partial charge in [0.05, 0.1) is 0 Å². The molecule has 0 aromatic rings. The Morgan fingerprint density at radius 3 is 2.42 bits per heavy atom. The van der Waals surface area contributed by atoms with E-state index < -0.39 is 0 Å². The van der Waals surface area contributed by atoms with Crippen LogP contribution in [0.3, 0.4) is 0 Å². The predicted octanol–water partition coefficient (Wildman–Crippen LogP) is 3.37. The lowest BCUT2D eigenvalue weighted by Crippen LogP contribution is -2.69. The van der Waals surface area contributed by atoms with E-state index in [9.17, 15) is 0 Å². The molecule has 3 fully saturated rings. The first-order valence-electron chi connectivity index (χ1n) is 7.74.